The van der Waals surface area contributed by atoms with E-state index >= 15 is 0 Å². The van der Waals surface area contributed by atoms with Gasteiger partial charge < -0.3 is 10.6 Å². The van der Waals surface area contributed by atoms with Crippen LogP contribution in [0.2, 0.25) is 0 Å². The van der Waals surface area contributed by atoms with Gasteiger partial charge in [-0.2, -0.15) is 0 Å². The molecule has 1 fully saturated rings. The van der Waals surface area contributed by atoms with E-state index in [-0.39, 0.29) is 24.3 Å². The third-order valence-electron chi connectivity index (χ3n) is 4.68. The lowest BCUT2D eigenvalue weighted by Gasteiger charge is -2.34. The second-order valence-corrected chi connectivity index (χ2v) is 6.32. The highest BCUT2D eigenvalue weighted by atomic mass is 19.1. The van der Waals surface area contributed by atoms with Crippen molar-refractivity contribution in [3.05, 3.63) is 59.7 Å². The van der Waals surface area contributed by atoms with E-state index in [4.69, 9.17) is 5.73 Å². The lowest BCUT2D eigenvalue weighted by molar-refractivity contribution is 0.0671. The summed E-state index contributed by atoms with van der Waals surface area (Å²) in [4.78, 5) is 22.0. The number of likely N-dealkylation sites (tertiary alicyclic amines) is 1. The number of hydrogen-bond donors (Lipinski definition) is 1. The maximum atomic E-state index is 13.8. The van der Waals surface area contributed by atoms with Crippen LogP contribution in [-0.4, -0.2) is 39.9 Å². The van der Waals surface area contributed by atoms with Crippen molar-refractivity contribution in [2.24, 2.45) is 11.7 Å². The monoisotopic (exact) mass is 346 g/mol. The van der Waals surface area contributed by atoms with Gasteiger partial charge in [0, 0.05) is 31.5 Å². The predicted octanol–water partition coefficient (Wildman–Crippen LogP) is 2.18. The summed E-state index contributed by atoms with van der Waals surface area (Å²) in [6, 6.07) is 3.15. The standard InChI is InChI=1S/C18H20F2N4O/c19-14-1-2-15(20)13(9-14)10-16(21)12-3-7-24(8-4-12)18(25)17-11-22-5-6-23-17/h1-2,5-6,9,11-12,16H,3-4,7-8,10,21H2. The number of rotatable bonds is 4. The zero-order valence-corrected chi connectivity index (χ0v) is 13.7. The van der Waals surface area contributed by atoms with Gasteiger partial charge in [0.25, 0.3) is 5.91 Å². The molecule has 0 spiro atoms. The minimum absolute atomic E-state index is 0.142. The smallest absolute Gasteiger partial charge is 0.274 e. The molecule has 2 heterocycles. The zero-order chi connectivity index (χ0) is 17.8. The van der Waals surface area contributed by atoms with E-state index in [0.717, 1.165) is 25.0 Å². The summed E-state index contributed by atoms with van der Waals surface area (Å²) in [7, 11) is 0. The Hall–Kier alpha value is -2.41. The molecular weight excluding hydrogens is 326 g/mol. The molecule has 1 aromatic heterocycles. The quantitative estimate of drug-likeness (QED) is 0.921. The average Bonchev–Trinajstić information content (AvgIpc) is 2.65. The Morgan fingerprint density at radius 1 is 1.28 bits per heavy atom. The van der Waals surface area contributed by atoms with E-state index in [2.05, 4.69) is 9.97 Å². The molecule has 1 atom stereocenters. The van der Waals surface area contributed by atoms with Crippen LogP contribution >= 0.6 is 0 Å². The number of hydrogen-bond acceptors (Lipinski definition) is 4. The molecule has 7 heteroatoms. The Labute approximate surface area is 144 Å². The van der Waals surface area contributed by atoms with Crippen LogP contribution in [0.25, 0.3) is 0 Å². The summed E-state index contributed by atoms with van der Waals surface area (Å²) < 4.78 is 27.0. The molecule has 0 radical (unpaired) electrons. The SMILES string of the molecule is NC(Cc1cc(F)ccc1F)C1CCN(C(=O)c2cnccn2)CC1. The van der Waals surface area contributed by atoms with Gasteiger partial charge >= 0.3 is 0 Å². The number of piperidine rings is 1. The molecule has 2 aromatic rings. The normalized spacial score (nSPS) is 16.7. The maximum Gasteiger partial charge on any atom is 0.274 e. The molecule has 5 nitrogen and oxygen atoms in total. The highest BCUT2D eigenvalue weighted by Crippen LogP contribution is 2.23. The Morgan fingerprint density at radius 3 is 2.72 bits per heavy atom. The van der Waals surface area contributed by atoms with E-state index in [1.54, 1.807) is 4.90 Å². The second-order valence-electron chi connectivity index (χ2n) is 6.32. The fourth-order valence-corrected chi connectivity index (χ4v) is 3.22. The summed E-state index contributed by atoms with van der Waals surface area (Å²) in [6.07, 6.45) is 6.20. The van der Waals surface area contributed by atoms with Gasteiger partial charge in [0.2, 0.25) is 0 Å². The Morgan fingerprint density at radius 2 is 2.04 bits per heavy atom. The first-order chi connectivity index (χ1) is 12.0. The molecule has 1 aliphatic heterocycles. The number of nitrogens with two attached hydrogens (primary N) is 1. The van der Waals surface area contributed by atoms with Crippen LogP contribution in [0.1, 0.15) is 28.9 Å². The number of carbonyl (C=O) groups is 1. The Balaban J connectivity index is 1.56. The van der Waals surface area contributed by atoms with Crippen molar-refractivity contribution in [1.29, 1.82) is 0 Å². The molecule has 1 amide bonds. The summed E-state index contributed by atoms with van der Waals surface area (Å²) in [5, 5.41) is 0. The molecule has 2 N–H and O–H groups in total. The van der Waals surface area contributed by atoms with E-state index in [0.29, 0.717) is 24.3 Å². The maximum absolute atomic E-state index is 13.8. The second kappa shape index (κ2) is 7.65. The summed E-state index contributed by atoms with van der Waals surface area (Å²) in [5.41, 5.74) is 6.84. The first-order valence-corrected chi connectivity index (χ1v) is 8.29. The molecule has 25 heavy (non-hydrogen) atoms. The first kappa shape index (κ1) is 17.4. The van der Waals surface area contributed by atoms with E-state index in [1.807, 2.05) is 0 Å². The number of amides is 1. The van der Waals surface area contributed by atoms with Crippen molar-refractivity contribution >= 4 is 5.91 Å². The lowest BCUT2D eigenvalue weighted by Crippen LogP contribution is -2.44. The van der Waals surface area contributed by atoms with Gasteiger partial charge in [-0.3, -0.25) is 9.78 Å². The number of nitrogens with zero attached hydrogens (tertiary/aromatic N) is 3. The third kappa shape index (κ3) is 4.17. The van der Waals surface area contributed by atoms with E-state index < -0.39 is 11.6 Å². The van der Waals surface area contributed by atoms with Gasteiger partial charge in [0.1, 0.15) is 17.3 Å². The predicted molar refractivity (Wildman–Crippen MR) is 88.7 cm³/mol. The molecule has 0 bridgehead atoms. The number of benzene rings is 1. The van der Waals surface area contributed by atoms with Crippen molar-refractivity contribution in [2.75, 3.05) is 13.1 Å². The highest BCUT2D eigenvalue weighted by Gasteiger charge is 2.28. The molecule has 0 saturated carbocycles. The Bertz CT molecular complexity index is 733. The molecule has 132 valence electrons. The van der Waals surface area contributed by atoms with Crippen molar-refractivity contribution in [1.82, 2.24) is 14.9 Å². The van der Waals surface area contributed by atoms with E-state index in [1.165, 1.54) is 24.7 Å². The summed E-state index contributed by atoms with van der Waals surface area (Å²) >= 11 is 0. The van der Waals surface area contributed by atoms with Crippen molar-refractivity contribution in [3.8, 4) is 0 Å². The van der Waals surface area contributed by atoms with Crippen LogP contribution in [0, 0.1) is 17.6 Å². The number of halogens is 2. The van der Waals surface area contributed by atoms with Crippen LogP contribution in [-0.2, 0) is 6.42 Å². The van der Waals surface area contributed by atoms with Crippen LogP contribution in [0.5, 0.6) is 0 Å². The van der Waals surface area contributed by atoms with Crippen LogP contribution < -0.4 is 5.73 Å². The molecule has 0 aliphatic carbocycles. The molecule has 1 aromatic carbocycles. The van der Waals surface area contributed by atoms with Crippen LogP contribution in [0.4, 0.5) is 8.78 Å². The van der Waals surface area contributed by atoms with Gasteiger partial charge in [-0.05, 0) is 48.9 Å². The molecule has 1 aliphatic rings. The van der Waals surface area contributed by atoms with Crippen molar-refractivity contribution in [2.45, 2.75) is 25.3 Å². The molecular formula is C18H20F2N4O. The largest absolute Gasteiger partial charge is 0.337 e. The number of carbonyl (C=O) groups excluding carboxylic acids is 1. The zero-order valence-electron chi connectivity index (χ0n) is 13.7. The average molecular weight is 346 g/mol. The summed E-state index contributed by atoms with van der Waals surface area (Å²) in [6.45, 7) is 1.14. The molecule has 1 unspecified atom stereocenters. The fourth-order valence-electron chi connectivity index (χ4n) is 3.22. The van der Waals surface area contributed by atoms with Gasteiger partial charge in [-0.15, -0.1) is 0 Å². The fraction of sp³-hybridized carbons (Fsp3) is 0.389. The van der Waals surface area contributed by atoms with Gasteiger partial charge in [-0.25, -0.2) is 13.8 Å². The topological polar surface area (TPSA) is 72.1 Å². The van der Waals surface area contributed by atoms with Gasteiger partial charge in [-0.1, -0.05) is 0 Å². The Kier molecular flexibility index (Phi) is 5.33. The van der Waals surface area contributed by atoms with Gasteiger partial charge in [0.15, 0.2) is 0 Å². The van der Waals surface area contributed by atoms with Crippen LogP contribution in [0.15, 0.2) is 36.8 Å². The minimum atomic E-state index is -0.465. The van der Waals surface area contributed by atoms with Gasteiger partial charge in [0.05, 0.1) is 6.20 Å². The first-order valence-electron chi connectivity index (χ1n) is 8.29. The highest BCUT2D eigenvalue weighted by molar-refractivity contribution is 5.92. The molecule has 1 saturated heterocycles. The van der Waals surface area contributed by atoms with Crippen molar-refractivity contribution in [3.63, 3.8) is 0 Å². The van der Waals surface area contributed by atoms with E-state index in [9.17, 15) is 13.6 Å². The third-order valence-corrected chi connectivity index (χ3v) is 4.68. The summed E-state index contributed by atoms with van der Waals surface area (Å²) in [5.74, 6) is -0.884. The van der Waals surface area contributed by atoms with Crippen LogP contribution in [0.3, 0.4) is 0 Å². The van der Waals surface area contributed by atoms with Crippen molar-refractivity contribution < 1.29 is 13.6 Å². The molecule has 3 rings (SSSR count). The minimum Gasteiger partial charge on any atom is -0.337 e. The lowest BCUT2D eigenvalue weighted by atomic mass is 9.86. The number of aromatic nitrogens is 2.